The largest absolute Gasteiger partial charge is 0.226 e. The Bertz CT molecular complexity index is 3420. The molecule has 1 aliphatic rings. The third kappa shape index (κ3) is 5.39. The van der Waals surface area contributed by atoms with Gasteiger partial charge in [-0.2, -0.15) is 0 Å². The Morgan fingerprint density at radius 3 is 1.81 bits per heavy atom. The van der Waals surface area contributed by atoms with Gasteiger partial charge in [-0.3, -0.25) is 0 Å². The molecule has 0 saturated heterocycles. The van der Waals surface area contributed by atoms with Crippen LogP contribution >= 0.6 is 22.7 Å². The van der Waals surface area contributed by atoms with Crippen molar-refractivity contribution in [1.82, 2.24) is 24.9 Å². The Balaban J connectivity index is 1.02. The van der Waals surface area contributed by atoms with Crippen LogP contribution in [-0.4, -0.2) is 24.9 Å². The smallest absolute Gasteiger partial charge is 0.164 e. The Labute approximate surface area is 348 Å². The van der Waals surface area contributed by atoms with Crippen molar-refractivity contribution in [1.29, 1.82) is 0 Å². The van der Waals surface area contributed by atoms with E-state index in [1.165, 1.54) is 31.7 Å². The third-order valence-corrected chi connectivity index (χ3v) is 14.1. The quantitative estimate of drug-likeness (QED) is 0.174. The minimum Gasteiger partial charge on any atom is -0.226 e. The van der Waals surface area contributed by atoms with Crippen LogP contribution in [-0.2, 0) is 5.41 Å². The predicted molar refractivity (Wildman–Crippen MR) is 246 cm³/mol. The SMILES string of the molecule is CC1(C)c2ccccc2-c2ccc(-c3nc(-c4ccc5c(c4)sc4cccc(-c6nc(-c7ccccc7)nc(-c7ccccc7)n6)c45)nc4c3sc3ccccc34)cc21. The molecule has 59 heavy (non-hydrogen) atoms. The highest BCUT2D eigenvalue weighted by molar-refractivity contribution is 7.26. The summed E-state index contributed by atoms with van der Waals surface area (Å²) in [6.45, 7) is 4.66. The van der Waals surface area contributed by atoms with Crippen LogP contribution < -0.4 is 0 Å². The van der Waals surface area contributed by atoms with Crippen LogP contribution in [0.3, 0.4) is 0 Å². The fourth-order valence-electron chi connectivity index (χ4n) is 8.85. The number of fused-ring (bicyclic) bond motifs is 9. The van der Waals surface area contributed by atoms with Crippen LogP contribution in [0, 0.1) is 0 Å². The van der Waals surface area contributed by atoms with Crippen molar-refractivity contribution in [3.05, 3.63) is 175 Å². The molecule has 0 aliphatic heterocycles. The maximum Gasteiger partial charge on any atom is 0.164 e. The lowest BCUT2D eigenvalue weighted by Gasteiger charge is -2.22. The summed E-state index contributed by atoms with van der Waals surface area (Å²) in [5, 5.41) is 3.43. The van der Waals surface area contributed by atoms with Crippen LogP contribution in [0.5, 0.6) is 0 Å². The molecule has 0 atom stereocenters. The van der Waals surface area contributed by atoms with Gasteiger partial charge in [0, 0.05) is 63.5 Å². The second-order valence-electron chi connectivity index (χ2n) is 15.6. The molecule has 0 spiro atoms. The van der Waals surface area contributed by atoms with E-state index in [4.69, 9.17) is 24.9 Å². The molecule has 0 saturated carbocycles. The van der Waals surface area contributed by atoms with Gasteiger partial charge in [0.2, 0.25) is 0 Å². The monoisotopic (exact) mass is 791 g/mol. The van der Waals surface area contributed by atoms with Crippen molar-refractivity contribution in [2.24, 2.45) is 0 Å². The first-order valence-corrected chi connectivity index (χ1v) is 21.4. The molecule has 4 heterocycles. The first-order valence-electron chi connectivity index (χ1n) is 19.7. The zero-order valence-corrected chi connectivity index (χ0v) is 33.8. The molecule has 7 heteroatoms. The lowest BCUT2D eigenvalue weighted by Crippen LogP contribution is -2.14. The fourth-order valence-corrected chi connectivity index (χ4v) is 11.2. The number of hydrogen-bond donors (Lipinski definition) is 0. The van der Waals surface area contributed by atoms with Gasteiger partial charge < -0.3 is 0 Å². The van der Waals surface area contributed by atoms with Crippen molar-refractivity contribution in [3.8, 4) is 67.9 Å². The maximum atomic E-state index is 5.44. The average molecular weight is 792 g/mol. The highest BCUT2D eigenvalue weighted by Gasteiger charge is 2.35. The Kier molecular flexibility index (Phi) is 7.55. The molecule has 1 aliphatic carbocycles. The standard InChI is InChI=1S/C52H33N5S2/c1-52(2)39-21-11-9-18-34(39)35-26-24-32(28-40(35)52)45-47-46(37-19-10-12-22-41(37)59-47)54-50(53-45)33-25-27-36-43(29-33)58-42-23-13-20-38(44(36)42)51-56-48(30-14-5-3-6-15-30)55-49(57-51)31-16-7-4-8-17-31/h3-29H,1-2H3. The van der Waals surface area contributed by atoms with E-state index < -0.39 is 0 Å². The summed E-state index contributed by atoms with van der Waals surface area (Å²) in [5.74, 6) is 2.66. The van der Waals surface area contributed by atoms with Gasteiger partial charge in [-0.15, -0.1) is 22.7 Å². The average Bonchev–Trinajstić information content (AvgIpc) is 3.93. The van der Waals surface area contributed by atoms with Gasteiger partial charge in [0.15, 0.2) is 23.3 Å². The summed E-state index contributed by atoms with van der Waals surface area (Å²) in [7, 11) is 0. The van der Waals surface area contributed by atoms with E-state index >= 15 is 0 Å². The van der Waals surface area contributed by atoms with Gasteiger partial charge in [0.05, 0.1) is 15.9 Å². The van der Waals surface area contributed by atoms with Gasteiger partial charge in [-0.1, -0.05) is 153 Å². The fraction of sp³-hybridized carbons (Fsp3) is 0.0577. The zero-order chi connectivity index (χ0) is 39.2. The molecule has 0 bridgehead atoms. The second kappa shape index (κ2) is 13.0. The summed E-state index contributed by atoms with van der Waals surface area (Å²) in [6, 6.07) is 57.6. The molecular formula is C52H33N5S2. The van der Waals surface area contributed by atoms with E-state index in [-0.39, 0.29) is 5.41 Å². The summed E-state index contributed by atoms with van der Waals surface area (Å²) in [5.41, 5.74) is 12.1. The zero-order valence-electron chi connectivity index (χ0n) is 32.1. The predicted octanol–water partition coefficient (Wildman–Crippen LogP) is 14.0. The van der Waals surface area contributed by atoms with E-state index in [9.17, 15) is 0 Å². The first kappa shape index (κ1) is 34.1. The highest BCUT2D eigenvalue weighted by Crippen LogP contribution is 2.50. The molecular weight excluding hydrogens is 759 g/mol. The van der Waals surface area contributed by atoms with Crippen molar-refractivity contribution >= 4 is 63.1 Å². The van der Waals surface area contributed by atoms with Crippen LogP contribution in [0.25, 0.3) is 108 Å². The molecule has 0 unspecified atom stereocenters. The number of aromatic nitrogens is 5. The molecule has 11 aromatic rings. The number of nitrogens with zero attached hydrogens (tertiary/aromatic N) is 5. The molecule has 0 radical (unpaired) electrons. The topological polar surface area (TPSA) is 64.5 Å². The molecule has 7 aromatic carbocycles. The van der Waals surface area contributed by atoms with Gasteiger partial charge in [-0.25, -0.2) is 24.9 Å². The maximum absolute atomic E-state index is 5.44. The summed E-state index contributed by atoms with van der Waals surface area (Å²) >= 11 is 3.54. The van der Waals surface area contributed by atoms with Gasteiger partial charge in [0.1, 0.15) is 0 Å². The van der Waals surface area contributed by atoms with E-state index in [1.54, 1.807) is 22.7 Å². The van der Waals surface area contributed by atoms with Crippen molar-refractivity contribution in [2.45, 2.75) is 19.3 Å². The van der Waals surface area contributed by atoms with Gasteiger partial charge in [-0.05, 0) is 46.5 Å². The van der Waals surface area contributed by atoms with Crippen LogP contribution in [0.4, 0.5) is 0 Å². The molecule has 12 rings (SSSR count). The lowest BCUT2D eigenvalue weighted by molar-refractivity contribution is 0.660. The Hall–Kier alpha value is -6.93. The number of rotatable bonds is 5. The third-order valence-electron chi connectivity index (χ3n) is 11.8. The van der Waals surface area contributed by atoms with Gasteiger partial charge >= 0.3 is 0 Å². The van der Waals surface area contributed by atoms with Crippen LogP contribution in [0.15, 0.2) is 164 Å². The minimum atomic E-state index is -0.115. The Morgan fingerprint density at radius 1 is 0.390 bits per heavy atom. The van der Waals surface area contributed by atoms with Crippen LogP contribution in [0.2, 0.25) is 0 Å². The molecule has 0 fully saturated rings. The second-order valence-corrected chi connectivity index (χ2v) is 17.8. The number of hydrogen-bond acceptors (Lipinski definition) is 7. The van der Waals surface area contributed by atoms with E-state index in [1.807, 2.05) is 60.7 Å². The highest BCUT2D eigenvalue weighted by atomic mass is 32.1. The van der Waals surface area contributed by atoms with Crippen LogP contribution in [0.1, 0.15) is 25.0 Å². The number of benzene rings is 7. The Morgan fingerprint density at radius 2 is 1.02 bits per heavy atom. The van der Waals surface area contributed by atoms with E-state index in [0.29, 0.717) is 17.5 Å². The lowest BCUT2D eigenvalue weighted by atomic mass is 9.82. The molecule has 4 aromatic heterocycles. The molecule has 5 nitrogen and oxygen atoms in total. The normalized spacial score (nSPS) is 13.1. The number of thiophene rings is 2. The first-order chi connectivity index (χ1) is 29.0. The molecule has 278 valence electrons. The van der Waals surface area contributed by atoms with Crippen molar-refractivity contribution in [2.75, 3.05) is 0 Å². The van der Waals surface area contributed by atoms with Gasteiger partial charge in [0.25, 0.3) is 0 Å². The summed E-state index contributed by atoms with van der Waals surface area (Å²) in [4.78, 5) is 25.9. The molecule has 0 N–H and O–H groups in total. The van der Waals surface area contributed by atoms with E-state index in [0.717, 1.165) is 70.4 Å². The summed E-state index contributed by atoms with van der Waals surface area (Å²) < 4.78 is 4.64. The van der Waals surface area contributed by atoms with Crippen molar-refractivity contribution in [3.63, 3.8) is 0 Å². The summed E-state index contributed by atoms with van der Waals surface area (Å²) in [6.07, 6.45) is 0. The molecule has 0 amide bonds. The van der Waals surface area contributed by atoms with Crippen molar-refractivity contribution < 1.29 is 0 Å². The van der Waals surface area contributed by atoms with E-state index in [2.05, 4.69) is 117 Å². The minimum absolute atomic E-state index is 0.115.